The van der Waals surface area contributed by atoms with Crippen LogP contribution >= 0.6 is 0 Å². The summed E-state index contributed by atoms with van der Waals surface area (Å²) in [6.45, 7) is 0. The topological polar surface area (TPSA) is 43.1 Å². The van der Waals surface area contributed by atoms with E-state index in [0.29, 0.717) is 17.5 Å². The second-order valence-electron chi connectivity index (χ2n) is 14.1. The van der Waals surface area contributed by atoms with Crippen LogP contribution in [-0.2, 0) is 0 Å². The fourth-order valence-electron chi connectivity index (χ4n) is 8.10. The van der Waals surface area contributed by atoms with Crippen LogP contribution in [-0.4, -0.2) is 19.4 Å². The molecular weight excluding hydrogens is 669 g/mol. The summed E-state index contributed by atoms with van der Waals surface area (Å²) in [5, 5.41) is 5.04. The maximum atomic E-state index is 5.11. The van der Waals surface area contributed by atoms with Crippen molar-refractivity contribution in [1.29, 1.82) is 0 Å². The maximum absolute atomic E-state index is 5.11. The Morgan fingerprint density at radius 1 is 0.255 bits per heavy atom. The van der Waals surface area contributed by atoms with E-state index in [1.165, 1.54) is 49.2 Å². The summed E-state index contributed by atoms with van der Waals surface area (Å²) in [5.74, 6) is 1.92. The Labute approximate surface area is 318 Å². The van der Waals surface area contributed by atoms with E-state index in [2.05, 4.69) is 162 Å². The first-order valence-corrected chi connectivity index (χ1v) is 18.6. The predicted molar refractivity (Wildman–Crippen MR) is 227 cm³/mol. The minimum absolute atomic E-state index is 0.638. The Morgan fingerprint density at radius 2 is 0.636 bits per heavy atom. The largest absolute Gasteiger partial charge is 0.308 e. The van der Waals surface area contributed by atoms with Crippen LogP contribution in [0.2, 0.25) is 0 Å². The zero-order valence-corrected chi connectivity index (χ0v) is 29.8. The predicted octanol–water partition coefficient (Wildman–Crippen LogP) is 13.0. The van der Waals surface area contributed by atoms with Gasteiger partial charge in [0, 0.05) is 38.2 Å². The van der Waals surface area contributed by atoms with Gasteiger partial charge in [0.2, 0.25) is 0 Å². The fraction of sp³-hybridized carbons (Fsp3) is 0. The number of para-hydroxylation sites is 2. The van der Waals surface area contributed by atoms with Gasteiger partial charge in [0.15, 0.2) is 17.5 Å². The van der Waals surface area contributed by atoms with Gasteiger partial charge in [-0.3, -0.25) is 0 Å². The zero-order chi connectivity index (χ0) is 36.3. The van der Waals surface area contributed by atoms with Crippen LogP contribution in [0.15, 0.2) is 194 Å². The minimum atomic E-state index is 0.638. The third-order valence-corrected chi connectivity index (χ3v) is 10.8. The van der Waals surface area contributed by atoms with E-state index in [4.69, 9.17) is 15.0 Å². The molecule has 0 aliphatic rings. The molecule has 0 bridgehead atoms. The van der Waals surface area contributed by atoms with Crippen LogP contribution in [0.1, 0.15) is 0 Å². The van der Waals surface area contributed by atoms with E-state index >= 15 is 0 Å². The van der Waals surface area contributed by atoms with Crippen molar-refractivity contribution >= 4 is 38.1 Å². The van der Waals surface area contributed by atoms with Crippen LogP contribution in [0.3, 0.4) is 0 Å². The highest BCUT2D eigenvalue weighted by atomic mass is 15.0. The third kappa shape index (κ3) is 5.26. The van der Waals surface area contributed by atoms with Crippen molar-refractivity contribution in [2.24, 2.45) is 0 Å². The molecule has 4 nitrogen and oxygen atoms in total. The van der Waals surface area contributed by atoms with E-state index in [9.17, 15) is 0 Å². The summed E-state index contributed by atoms with van der Waals surface area (Å²) in [7, 11) is 0. The molecule has 0 amide bonds. The van der Waals surface area contributed by atoms with Gasteiger partial charge in [0.1, 0.15) is 0 Å². The Kier molecular flexibility index (Phi) is 7.14. The van der Waals surface area contributed by atoms with Gasteiger partial charge in [0.25, 0.3) is 0 Å². The first-order chi connectivity index (χ1) is 27.2. The van der Waals surface area contributed by atoms with Gasteiger partial charge in [-0.1, -0.05) is 164 Å². The second-order valence-corrected chi connectivity index (χ2v) is 14.1. The highest BCUT2D eigenvalue weighted by Gasteiger charge is 2.19. The van der Waals surface area contributed by atoms with Gasteiger partial charge in [-0.05, 0) is 63.7 Å². The lowest BCUT2D eigenvalue weighted by molar-refractivity contribution is 1.07. The summed E-state index contributed by atoms with van der Waals surface area (Å²) < 4.78 is 2.42. The van der Waals surface area contributed by atoms with Crippen molar-refractivity contribution < 1.29 is 0 Å². The number of rotatable bonds is 6. The number of nitrogens with zero attached hydrogens (tertiary/aromatic N) is 4. The summed E-state index contributed by atoms with van der Waals surface area (Å²) in [6.07, 6.45) is 0. The first kappa shape index (κ1) is 31.1. The molecule has 0 aliphatic heterocycles. The summed E-state index contributed by atoms with van der Waals surface area (Å²) in [4.78, 5) is 15.2. The number of aromatic nitrogens is 4. The zero-order valence-electron chi connectivity index (χ0n) is 29.8. The van der Waals surface area contributed by atoms with Gasteiger partial charge < -0.3 is 4.40 Å². The number of hydrogen-bond acceptors (Lipinski definition) is 3. The molecule has 0 atom stereocenters. The van der Waals surface area contributed by atoms with Crippen LogP contribution in [0.4, 0.5) is 0 Å². The highest BCUT2D eigenvalue weighted by molar-refractivity contribution is 6.24. The molecule has 256 valence electrons. The lowest BCUT2D eigenvalue weighted by Gasteiger charge is -2.11. The summed E-state index contributed by atoms with van der Waals surface area (Å²) in [6, 6.07) is 68.6. The molecule has 0 fully saturated rings. The molecule has 4 heteroatoms. The Bertz CT molecular complexity index is 3080. The molecule has 0 unspecified atom stereocenters. The van der Waals surface area contributed by atoms with Gasteiger partial charge in [-0.15, -0.1) is 0 Å². The minimum Gasteiger partial charge on any atom is -0.308 e. The smallest absolute Gasteiger partial charge is 0.164 e. The van der Waals surface area contributed by atoms with E-state index in [-0.39, 0.29) is 0 Å². The Hall–Kier alpha value is -7.43. The van der Waals surface area contributed by atoms with Crippen LogP contribution in [0.5, 0.6) is 0 Å². The third-order valence-electron chi connectivity index (χ3n) is 10.8. The standard InChI is InChI=1S/C51H32N4/c1-3-12-33(13-4-1)34-22-24-35(25-23-34)36-26-28-38(29-27-36)50-52-49(37-14-5-2-6-15-37)53-51(54-50)40-17-11-16-39(30-40)41-31-44-42-18-7-9-20-46(42)55-47-21-10-8-19-43(47)45(32-41)48(44)55/h1-32H. The van der Waals surface area contributed by atoms with Gasteiger partial charge in [0.05, 0.1) is 16.6 Å². The van der Waals surface area contributed by atoms with Crippen LogP contribution in [0.25, 0.3) is 106 Å². The van der Waals surface area contributed by atoms with Crippen molar-refractivity contribution in [1.82, 2.24) is 19.4 Å². The quantitative estimate of drug-likeness (QED) is 0.173. The van der Waals surface area contributed by atoms with Crippen molar-refractivity contribution in [3.8, 4) is 67.5 Å². The SMILES string of the molecule is c1ccc(-c2ccc(-c3ccc(-c4nc(-c5ccccc5)nc(-c5cccc(-c6cc7c8ccccc8n8c9ccccc9c(c6)c78)c5)n4)cc3)cc2)cc1. The monoisotopic (exact) mass is 700 g/mol. The van der Waals surface area contributed by atoms with Gasteiger partial charge >= 0.3 is 0 Å². The highest BCUT2D eigenvalue weighted by Crippen LogP contribution is 2.42. The molecule has 0 saturated heterocycles. The van der Waals surface area contributed by atoms with E-state index < -0.39 is 0 Å². The van der Waals surface area contributed by atoms with Crippen molar-refractivity contribution in [3.05, 3.63) is 194 Å². The fourth-order valence-corrected chi connectivity index (χ4v) is 8.10. The number of benzene rings is 8. The van der Waals surface area contributed by atoms with Crippen molar-refractivity contribution in [2.75, 3.05) is 0 Å². The lowest BCUT2D eigenvalue weighted by Crippen LogP contribution is -2.00. The van der Waals surface area contributed by atoms with Crippen molar-refractivity contribution in [3.63, 3.8) is 0 Å². The normalized spacial score (nSPS) is 11.6. The molecule has 55 heavy (non-hydrogen) atoms. The summed E-state index contributed by atoms with van der Waals surface area (Å²) >= 11 is 0. The molecule has 8 aromatic carbocycles. The van der Waals surface area contributed by atoms with Crippen LogP contribution in [0, 0.1) is 0 Å². The summed E-state index contributed by atoms with van der Waals surface area (Å²) in [5.41, 5.74) is 13.5. The first-order valence-electron chi connectivity index (χ1n) is 18.6. The van der Waals surface area contributed by atoms with E-state index in [1.807, 2.05) is 36.4 Å². The average Bonchev–Trinajstić information content (AvgIpc) is 3.79. The molecule has 0 spiro atoms. The number of fused-ring (bicyclic) bond motifs is 6. The van der Waals surface area contributed by atoms with Gasteiger partial charge in [-0.25, -0.2) is 15.0 Å². The number of hydrogen-bond donors (Lipinski definition) is 0. The van der Waals surface area contributed by atoms with E-state index in [1.54, 1.807) is 0 Å². The maximum Gasteiger partial charge on any atom is 0.164 e. The molecule has 0 saturated carbocycles. The second kappa shape index (κ2) is 12.6. The molecule has 0 N–H and O–H groups in total. The Morgan fingerprint density at radius 3 is 1.18 bits per heavy atom. The molecule has 0 radical (unpaired) electrons. The van der Waals surface area contributed by atoms with Crippen LogP contribution < -0.4 is 0 Å². The molecular formula is C51H32N4. The molecule has 11 rings (SSSR count). The Balaban J connectivity index is 1.00. The molecule has 11 aromatic rings. The average molecular weight is 701 g/mol. The molecule has 3 heterocycles. The van der Waals surface area contributed by atoms with E-state index in [0.717, 1.165) is 38.9 Å². The molecule has 0 aliphatic carbocycles. The molecule has 3 aromatic heterocycles. The van der Waals surface area contributed by atoms with Gasteiger partial charge in [-0.2, -0.15) is 0 Å². The van der Waals surface area contributed by atoms with Crippen molar-refractivity contribution in [2.45, 2.75) is 0 Å². The lowest BCUT2D eigenvalue weighted by atomic mass is 9.98.